The quantitative estimate of drug-likeness (QED) is 0.315. The Morgan fingerprint density at radius 2 is 2.11 bits per heavy atom. The van der Waals surface area contributed by atoms with E-state index in [1.165, 1.54) is 29.6 Å². The Labute approximate surface area is 222 Å². The molecule has 4 aromatic heterocycles. The van der Waals surface area contributed by atoms with Crippen molar-refractivity contribution in [1.82, 2.24) is 33.8 Å². The van der Waals surface area contributed by atoms with Gasteiger partial charge in [0, 0.05) is 60.5 Å². The molecule has 0 aliphatic carbocycles. The van der Waals surface area contributed by atoms with Crippen LogP contribution in [-0.2, 0) is 4.79 Å². The van der Waals surface area contributed by atoms with E-state index in [0.717, 1.165) is 36.7 Å². The summed E-state index contributed by atoms with van der Waals surface area (Å²) >= 11 is 2.76. The van der Waals surface area contributed by atoms with E-state index < -0.39 is 5.60 Å². The highest BCUT2D eigenvalue weighted by atomic mass is 32.2. The van der Waals surface area contributed by atoms with Gasteiger partial charge in [0.1, 0.15) is 12.2 Å². The fourth-order valence-corrected chi connectivity index (χ4v) is 5.45. The molecule has 0 saturated carbocycles. The molecule has 1 amide bonds. The van der Waals surface area contributed by atoms with Crippen molar-refractivity contribution in [3.05, 3.63) is 42.7 Å². The minimum Gasteiger partial charge on any atom is -0.449 e. The zero-order valence-electron chi connectivity index (χ0n) is 20.8. The molecular weight excluding hydrogens is 512 g/mol. The minimum absolute atomic E-state index is 0.108. The maximum Gasteiger partial charge on any atom is 0.219 e. The zero-order valence-corrected chi connectivity index (χ0v) is 22.4. The molecule has 0 radical (unpaired) electrons. The first-order valence-corrected chi connectivity index (χ1v) is 13.7. The third-order valence-electron chi connectivity index (χ3n) is 5.88. The number of piperidine rings is 1. The number of carbonyl (C=O) groups excluding carboxylic acids is 1. The van der Waals surface area contributed by atoms with Crippen LogP contribution in [0.3, 0.4) is 0 Å². The molecule has 5 rings (SSSR count). The summed E-state index contributed by atoms with van der Waals surface area (Å²) in [5, 5.41) is 18.2. The molecule has 4 aromatic rings. The highest BCUT2D eigenvalue weighted by Gasteiger charge is 2.25. The summed E-state index contributed by atoms with van der Waals surface area (Å²) in [6.07, 6.45) is 6.70. The van der Waals surface area contributed by atoms with Gasteiger partial charge in [0.05, 0.1) is 5.60 Å². The van der Waals surface area contributed by atoms with E-state index in [4.69, 9.17) is 9.72 Å². The van der Waals surface area contributed by atoms with E-state index in [1.54, 1.807) is 37.7 Å². The molecule has 0 unspecified atom stereocenters. The molecule has 2 N–H and O–H groups in total. The maximum atomic E-state index is 11.6. The van der Waals surface area contributed by atoms with Gasteiger partial charge in [-0.25, -0.2) is 19.5 Å². The Morgan fingerprint density at radius 3 is 2.86 bits per heavy atom. The van der Waals surface area contributed by atoms with Gasteiger partial charge in [0.2, 0.25) is 11.0 Å². The number of nitrogens with zero attached hydrogens (tertiary/aromatic N) is 7. The van der Waals surface area contributed by atoms with E-state index in [-0.39, 0.29) is 11.8 Å². The molecule has 37 heavy (non-hydrogen) atoms. The Balaban J connectivity index is 1.37. The molecule has 5 heterocycles. The van der Waals surface area contributed by atoms with Gasteiger partial charge in [-0.15, -0.1) is 11.8 Å². The molecule has 1 fully saturated rings. The number of hydrogen-bond acceptors (Lipinski definition) is 11. The van der Waals surface area contributed by atoms with Crippen molar-refractivity contribution in [1.29, 1.82) is 0 Å². The van der Waals surface area contributed by atoms with Crippen LogP contribution >= 0.6 is 23.3 Å². The first kappa shape index (κ1) is 25.4. The largest absolute Gasteiger partial charge is 0.449 e. The minimum atomic E-state index is -0.820. The standard InChI is InChI=1S/C24H28N8O3S2/c1-15(33)31-9-6-16(7-10-31)20-28-23(37-30-20)29-21-19(11-17(12-25-21)36-13-24(2,3)34)35-18-5-4-8-32-22(18)26-14-27-32/h4-5,8,11-12,14,16,34H,6-7,9-10,13H2,1-3H3,(H,25,28,29,30). The van der Waals surface area contributed by atoms with Crippen molar-refractivity contribution >= 4 is 45.8 Å². The molecule has 0 spiro atoms. The molecule has 1 aliphatic heterocycles. The average molecular weight is 541 g/mol. The predicted molar refractivity (Wildman–Crippen MR) is 142 cm³/mol. The number of nitrogens with one attached hydrogen (secondary N) is 1. The van der Waals surface area contributed by atoms with Crippen LogP contribution in [0.15, 0.2) is 41.8 Å². The number of aromatic nitrogens is 6. The first-order valence-electron chi connectivity index (χ1n) is 11.9. The summed E-state index contributed by atoms with van der Waals surface area (Å²) in [6.45, 7) is 6.58. The van der Waals surface area contributed by atoms with Crippen LogP contribution < -0.4 is 10.1 Å². The van der Waals surface area contributed by atoms with Crippen LogP contribution in [0.1, 0.15) is 45.4 Å². The topological polar surface area (TPSA) is 131 Å². The normalized spacial score (nSPS) is 14.8. The SMILES string of the molecule is CC(=O)N1CCC(c2nsc(Nc3ncc(SCC(C)(C)O)cc3Oc3cccn4ncnc34)n2)CC1. The lowest BCUT2D eigenvalue weighted by molar-refractivity contribution is -0.129. The van der Waals surface area contributed by atoms with Crippen LogP contribution in [-0.4, -0.2) is 69.3 Å². The predicted octanol–water partition coefficient (Wildman–Crippen LogP) is 4.10. The number of aliphatic hydroxyl groups is 1. The summed E-state index contributed by atoms with van der Waals surface area (Å²) in [5.74, 6) is 3.12. The number of fused-ring (bicyclic) bond motifs is 1. The number of amides is 1. The number of hydrogen-bond donors (Lipinski definition) is 2. The van der Waals surface area contributed by atoms with E-state index in [0.29, 0.717) is 33.8 Å². The molecule has 0 bridgehead atoms. The van der Waals surface area contributed by atoms with Gasteiger partial charge in [0.15, 0.2) is 23.0 Å². The van der Waals surface area contributed by atoms with Crippen LogP contribution in [0.4, 0.5) is 10.9 Å². The second-order valence-corrected chi connectivity index (χ2v) is 11.3. The summed E-state index contributed by atoms with van der Waals surface area (Å²) in [6, 6.07) is 5.53. The number of anilines is 2. The first-order chi connectivity index (χ1) is 17.7. The second kappa shape index (κ2) is 10.6. The van der Waals surface area contributed by atoms with Crippen LogP contribution in [0.25, 0.3) is 5.65 Å². The van der Waals surface area contributed by atoms with Gasteiger partial charge < -0.3 is 20.1 Å². The van der Waals surface area contributed by atoms with Gasteiger partial charge in [-0.1, -0.05) is 0 Å². The average Bonchev–Trinajstić information content (AvgIpc) is 3.54. The Bertz CT molecular complexity index is 1390. The Kier molecular flexibility index (Phi) is 7.26. The van der Waals surface area contributed by atoms with Crippen LogP contribution in [0.2, 0.25) is 0 Å². The molecule has 194 valence electrons. The molecule has 0 atom stereocenters. The Morgan fingerprint density at radius 1 is 1.30 bits per heavy atom. The lowest BCUT2D eigenvalue weighted by Gasteiger charge is -2.29. The molecule has 0 aromatic carbocycles. The third-order valence-corrected chi connectivity index (χ3v) is 7.93. The molecular formula is C24H28N8O3S2. The van der Waals surface area contributed by atoms with Gasteiger partial charge in [-0.3, -0.25) is 4.79 Å². The van der Waals surface area contributed by atoms with Crippen molar-refractivity contribution in [3.8, 4) is 11.5 Å². The van der Waals surface area contributed by atoms with Crippen molar-refractivity contribution in [2.24, 2.45) is 0 Å². The van der Waals surface area contributed by atoms with Crippen molar-refractivity contribution in [3.63, 3.8) is 0 Å². The van der Waals surface area contributed by atoms with Gasteiger partial charge in [-0.05, 0) is 44.9 Å². The number of carbonyl (C=O) groups is 1. The number of pyridine rings is 2. The van der Waals surface area contributed by atoms with Gasteiger partial charge in [0.25, 0.3) is 0 Å². The number of rotatable bonds is 8. The third kappa shape index (κ3) is 6.17. The van der Waals surface area contributed by atoms with E-state index >= 15 is 0 Å². The molecule has 1 aliphatic rings. The van der Waals surface area contributed by atoms with E-state index in [9.17, 15) is 9.90 Å². The summed E-state index contributed by atoms with van der Waals surface area (Å²) in [7, 11) is 0. The van der Waals surface area contributed by atoms with E-state index in [2.05, 4.69) is 24.8 Å². The number of likely N-dealkylation sites (tertiary alicyclic amines) is 1. The zero-order chi connectivity index (χ0) is 26.0. The van der Waals surface area contributed by atoms with Gasteiger partial charge in [-0.2, -0.15) is 9.47 Å². The number of thioether (sulfide) groups is 1. The summed E-state index contributed by atoms with van der Waals surface area (Å²) < 4.78 is 12.5. The summed E-state index contributed by atoms with van der Waals surface area (Å²) in [5.41, 5.74) is -0.239. The van der Waals surface area contributed by atoms with Crippen LogP contribution in [0.5, 0.6) is 11.5 Å². The lowest BCUT2D eigenvalue weighted by atomic mass is 9.96. The maximum absolute atomic E-state index is 11.6. The lowest BCUT2D eigenvalue weighted by Crippen LogP contribution is -2.36. The van der Waals surface area contributed by atoms with Gasteiger partial charge >= 0.3 is 0 Å². The Hall–Kier alpha value is -3.29. The fourth-order valence-electron chi connectivity index (χ4n) is 3.96. The molecule has 13 heteroatoms. The number of ether oxygens (including phenoxy) is 1. The highest BCUT2D eigenvalue weighted by Crippen LogP contribution is 2.36. The highest BCUT2D eigenvalue weighted by molar-refractivity contribution is 7.99. The fraction of sp³-hybridized carbons (Fsp3) is 0.417. The van der Waals surface area contributed by atoms with Crippen molar-refractivity contribution in [2.45, 2.75) is 50.0 Å². The van der Waals surface area contributed by atoms with Crippen molar-refractivity contribution < 1.29 is 14.6 Å². The van der Waals surface area contributed by atoms with Crippen LogP contribution in [0, 0.1) is 0 Å². The van der Waals surface area contributed by atoms with Crippen molar-refractivity contribution in [2.75, 3.05) is 24.2 Å². The summed E-state index contributed by atoms with van der Waals surface area (Å²) in [4.78, 5) is 28.0. The molecule has 1 saturated heterocycles. The monoisotopic (exact) mass is 540 g/mol. The molecule has 11 nitrogen and oxygen atoms in total. The van der Waals surface area contributed by atoms with E-state index in [1.807, 2.05) is 23.1 Å². The smallest absolute Gasteiger partial charge is 0.219 e. The second-order valence-electron chi connectivity index (χ2n) is 9.48.